The van der Waals surface area contributed by atoms with Crippen LogP contribution in [0.1, 0.15) is 46.4 Å². The lowest BCUT2D eigenvalue weighted by molar-refractivity contribution is -0.143. The summed E-state index contributed by atoms with van der Waals surface area (Å²) < 4.78 is 0. The van der Waals surface area contributed by atoms with Crippen LogP contribution in [-0.4, -0.2) is 67.7 Å². The quantitative estimate of drug-likeness (QED) is 0.354. The molecule has 0 saturated carbocycles. The molecule has 0 aliphatic rings. The summed E-state index contributed by atoms with van der Waals surface area (Å²) in [7, 11) is 0. The first kappa shape index (κ1) is 25.3. The number of carbonyl (C=O) groups is 4. The second-order valence-corrected chi connectivity index (χ2v) is 4.63. The van der Waals surface area contributed by atoms with E-state index in [4.69, 9.17) is 30.6 Å². The van der Waals surface area contributed by atoms with Crippen LogP contribution >= 0.6 is 0 Å². The zero-order valence-corrected chi connectivity index (χ0v) is 13.9. The maximum Gasteiger partial charge on any atom is 0.335 e. The first-order valence-corrected chi connectivity index (χ1v) is 7.37. The Bertz CT molecular complexity index is 514. The summed E-state index contributed by atoms with van der Waals surface area (Å²) in [6, 6.07) is 5.02. The van der Waals surface area contributed by atoms with Crippen molar-refractivity contribution in [1.29, 1.82) is 0 Å². The number of aliphatic hydroxyl groups excluding tert-OH is 2. The fourth-order valence-corrected chi connectivity index (χ4v) is 1.19. The number of aliphatic hydroxyl groups is 2. The van der Waals surface area contributed by atoms with Gasteiger partial charge in [0.2, 0.25) is 0 Å². The Balaban J connectivity index is 0. The minimum Gasteiger partial charge on any atom is -0.481 e. The first-order valence-electron chi connectivity index (χ1n) is 7.37. The molecule has 0 saturated heterocycles. The Kier molecular flexibility index (Phi) is 15.1. The molecule has 0 bridgehead atoms. The van der Waals surface area contributed by atoms with Crippen LogP contribution < -0.4 is 0 Å². The van der Waals surface area contributed by atoms with Crippen LogP contribution in [0.4, 0.5) is 0 Å². The summed E-state index contributed by atoms with van der Waals surface area (Å²) in [6.45, 7) is 0.390. The van der Waals surface area contributed by atoms with Crippen LogP contribution in [0, 0.1) is 0 Å². The fraction of sp³-hybridized carbons (Fsp3) is 0.375. The number of unbranched alkanes of at least 4 members (excludes halogenated alkanes) is 1. The van der Waals surface area contributed by atoms with E-state index in [1.807, 2.05) is 0 Å². The smallest absolute Gasteiger partial charge is 0.335 e. The largest absolute Gasteiger partial charge is 0.481 e. The minimum absolute atomic E-state index is 0.0833. The van der Waals surface area contributed by atoms with E-state index < -0.39 is 23.9 Å². The summed E-state index contributed by atoms with van der Waals surface area (Å²) in [5, 5.41) is 48.9. The molecule has 146 valence electrons. The molecule has 0 spiro atoms. The van der Waals surface area contributed by atoms with Crippen LogP contribution in [0.5, 0.6) is 0 Å². The third kappa shape index (κ3) is 15.9. The highest BCUT2D eigenvalue weighted by Crippen LogP contribution is 2.03. The molecule has 1 rings (SSSR count). The van der Waals surface area contributed by atoms with Gasteiger partial charge in [0.15, 0.2) is 0 Å². The van der Waals surface area contributed by atoms with Crippen molar-refractivity contribution in [2.75, 3.05) is 13.2 Å². The zero-order valence-electron chi connectivity index (χ0n) is 13.9. The number of carboxylic acid groups (broad SMARTS) is 4. The third-order valence-corrected chi connectivity index (χ3v) is 2.50. The maximum absolute atomic E-state index is 10.3. The predicted molar refractivity (Wildman–Crippen MR) is 88.3 cm³/mol. The van der Waals surface area contributed by atoms with Crippen molar-refractivity contribution < 1.29 is 49.8 Å². The monoisotopic (exact) mass is 374 g/mol. The Morgan fingerprint density at radius 3 is 1.04 bits per heavy atom. The Labute approximate surface area is 149 Å². The number of aromatic carboxylic acids is 2. The number of benzene rings is 1. The van der Waals surface area contributed by atoms with Crippen LogP contribution in [0.15, 0.2) is 24.3 Å². The summed E-state index contributed by atoms with van der Waals surface area (Å²) in [6.07, 6.45) is 0.845. The van der Waals surface area contributed by atoms with Crippen molar-refractivity contribution in [2.45, 2.75) is 25.7 Å². The van der Waals surface area contributed by atoms with E-state index in [2.05, 4.69) is 0 Å². The molecule has 0 heterocycles. The van der Waals surface area contributed by atoms with Gasteiger partial charge >= 0.3 is 23.9 Å². The molecule has 10 heteroatoms. The number of carboxylic acids is 4. The van der Waals surface area contributed by atoms with Gasteiger partial charge in [0.05, 0.1) is 24.0 Å². The minimum atomic E-state index is -1.08. The Morgan fingerprint density at radius 1 is 0.615 bits per heavy atom. The second-order valence-electron chi connectivity index (χ2n) is 4.63. The number of hydrogen-bond acceptors (Lipinski definition) is 6. The average Bonchev–Trinajstić information content (AvgIpc) is 2.59. The van der Waals surface area contributed by atoms with E-state index >= 15 is 0 Å². The van der Waals surface area contributed by atoms with E-state index in [1.165, 1.54) is 24.3 Å². The van der Waals surface area contributed by atoms with Gasteiger partial charge in [-0.1, -0.05) is 0 Å². The van der Waals surface area contributed by atoms with Crippen LogP contribution in [0.25, 0.3) is 0 Å². The molecule has 0 fully saturated rings. The molecule has 6 N–H and O–H groups in total. The summed E-state index contributed by atoms with van der Waals surface area (Å²) in [4.78, 5) is 40.0. The highest BCUT2D eigenvalue weighted by Gasteiger charge is 2.04. The number of aliphatic carboxylic acids is 2. The molecular weight excluding hydrogens is 352 g/mol. The average molecular weight is 374 g/mol. The van der Waals surface area contributed by atoms with Crippen molar-refractivity contribution in [3.63, 3.8) is 0 Å². The lowest BCUT2D eigenvalue weighted by atomic mass is 10.1. The van der Waals surface area contributed by atoms with Gasteiger partial charge in [-0.3, -0.25) is 9.59 Å². The molecule has 0 amide bonds. The van der Waals surface area contributed by atoms with Gasteiger partial charge < -0.3 is 30.6 Å². The van der Waals surface area contributed by atoms with E-state index in [9.17, 15) is 19.2 Å². The van der Waals surface area contributed by atoms with Gasteiger partial charge in [0.1, 0.15) is 0 Å². The number of hydrogen-bond donors (Lipinski definition) is 6. The Hall–Kier alpha value is -2.98. The van der Waals surface area contributed by atoms with Crippen molar-refractivity contribution in [1.82, 2.24) is 0 Å². The lowest BCUT2D eigenvalue weighted by Gasteiger charge is -1.94. The van der Waals surface area contributed by atoms with Crippen LogP contribution in [0.2, 0.25) is 0 Å². The summed E-state index contributed by atoms with van der Waals surface area (Å²) in [5.74, 6) is -4.28. The zero-order chi connectivity index (χ0) is 20.5. The molecule has 0 atom stereocenters. The molecule has 26 heavy (non-hydrogen) atoms. The van der Waals surface area contributed by atoms with E-state index in [-0.39, 0.29) is 37.2 Å². The summed E-state index contributed by atoms with van der Waals surface area (Å²) in [5.41, 5.74) is 0.167. The second kappa shape index (κ2) is 15.5. The van der Waals surface area contributed by atoms with Crippen molar-refractivity contribution in [3.8, 4) is 0 Å². The van der Waals surface area contributed by atoms with Gasteiger partial charge in [-0.25, -0.2) is 9.59 Å². The Morgan fingerprint density at radius 2 is 0.885 bits per heavy atom. The van der Waals surface area contributed by atoms with Gasteiger partial charge in [0.25, 0.3) is 0 Å². The molecule has 0 unspecified atom stereocenters. The van der Waals surface area contributed by atoms with Crippen LogP contribution in [-0.2, 0) is 9.59 Å². The van der Waals surface area contributed by atoms with Crippen molar-refractivity contribution in [2.24, 2.45) is 0 Å². The molecule has 1 aromatic rings. The highest BCUT2D eigenvalue weighted by molar-refractivity contribution is 5.91. The van der Waals surface area contributed by atoms with Gasteiger partial charge in [-0.05, 0) is 37.1 Å². The fourth-order valence-electron chi connectivity index (χ4n) is 1.19. The topological polar surface area (TPSA) is 190 Å². The van der Waals surface area contributed by atoms with Gasteiger partial charge in [-0.2, -0.15) is 0 Å². The van der Waals surface area contributed by atoms with Crippen molar-refractivity contribution >= 4 is 23.9 Å². The lowest BCUT2D eigenvalue weighted by Crippen LogP contribution is -2.00. The maximum atomic E-state index is 10.3. The molecule has 0 aliphatic carbocycles. The predicted octanol–water partition coefficient (Wildman–Crippen LogP) is 0.770. The normalized spacial score (nSPS) is 9.00. The van der Waals surface area contributed by atoms with Gasteiger partial charge in [0, 0.05) is 13.2 Å². The molecule has 0 aromatic heterocycles. The number of rotatable bonds is 8. The van der Waals surface area contributed by atoms with E-state index in [0.717, 1.165) is 12.8 Å². The van der Waals surface area contributed by atoms with Gasteiger partial charge in [-0.15, -0.1) is 0 Å². The SMILES string of the molecule is O=C(O)CCC(=O)O.O=C(O)c1ccc(C(=O)O)cc1.OCCCCO. The molecule has 0 radical (unpaired) electrons. The third-order valence-electron chi connectivity index (χ3n) is 2.50. The molecule has 10 nitrogen and oxygen atoms in total. The standard InChI is InChI=1S/C8H6O4.C4H6O4.C4H10O2/c9-7(10)5-1-2-6(4-3-5)8(11)12;5-3(6)1-2-4(7)8;5-3-1-2-4-6/h1-4H,(H,9,10)(H,11,12);1-2H2,(H,5,6)(H,7,8);5-6H,1-4H2. The van der Waals surface area contributed by atoms with Crippen LogP contribution in [0.3, 0.4) is 0 Å². The molecule has 0 aliphatic heterocycles. The van der Waals surface area contributed by atoms with E-state index in [1.54, 1.807) is 0 Å². The molecular formula is C16H22O10. The highest BCUT2D eigenvalue weighted by atomic mass is 16.4. The van der Waals surface area contributed by atoms with Crippen molar-refractivity contribution in [3.05, 3.63) is 35.4 Å². The van der Waals surface area contributed by atoms with E-state index in [0.29, 0.717) is 0 Å². The summed E-state index contributed by atoms with van der Waals surface area (Å²) >= 11 is 0. The molecule has 1 aromatic carbocycles. The first-order chi connectivity index (χ1) is 12.1.